The second kappa shape index (κ2) is 13.3. The third kappa shape index (κ3) is 9.18. The summed E-state index contributed by atoms with van der Waals surface area (Å²) in [6, 6.07) is 8.48. The van der Waals surface area contributed by atoms with Crippen LogP contribution in [0.1, 0.15) is 62.0 Å². The van der Waals surface area contributed by atoms with Gasteiger partial charge in [0.2, 0.25) is 0 Å². The van der Waals surface area contributed by atoms with E-state index >= 15 is 0 Å². The summed E-state index contributed by atoms with van der Waals surface area (Å²) >= 11 is 0. The minimum atomic E-state index is -3.37. The fourth-order valence-electron chi connectivity index (χ4n) is 3.62. The number of nitrogens with one attached hydrogen (secondary N) is 3. The van der Waals surface area contributed by atoms with E-state index in [4.69, 9.17) is 15.0 Å². The molecule has 0 aliphatic rings. The van der Waals surface area contributed by atoms with Gasteiger partial charge in [0.1, 0.15) is 5.69 Å². The van der Waals surface area contributed by atoms with E-state index in [1.165, 1.54) is 12.1 Å². The molecule has 11 nitrogen and oxygen atoms in total. The highest BCUT2D eigenvalue weighted by Gasteiger charge is 2.26. The molecule has 1 unspecified atom stereocenters. The van der Waals surface area contributed by atoms with Gasteiger partial charge in [-0.3, -0.25) is 9.59 Å². The molecule has 0 bridgehead atoms. The lowest BCUT2D eigenvalue weighted by Crippen LogP contribution is -2.21. The summed E-state index contributed by atoms with van der Waals surface area (Å²) in [6.45, 7) is 9.83. The molecular formula is C27H38N5O6S+. The molecule has 1 amide bonds. The molecule has 2 aromatic carbocycles. The predicted molar refractivity (Wildman–Crippen MR) is 154 cm³/mol. The number of aryl methyl sites for hydroxylation is 1. The normalized spacial score (nSPS) is 12.9. The lowest BCUT2D eigenvalue weighted by atomic mass is 9.86. The number of amides is 1. The smallest absolute Gasteiger partial charge is 0.307 e. The average Bonchev–Trinajstić information content (AvgIpc) is 2.83. The first-order valence-electron chi connectivity index (χ1n) is 12.3. The van der Waals surface area contributed by atoms with Gasteiger partial charge in [-0.1, -0.05) is 38.1 Å². The van der Waals surface area contributed by atoms with E-state index in [0.717, 1.165) is 17.4 Å². The Morgan fingerprint density at radius 1 is 1.21 bits per heavy atom. The lowest BCUT2D eigenvalue weighted by molar-refractivity contribution is -0.143. The van der Waals surface area contributed by atoms with E-state index in [1.54, 1.807) is 49.5 Å². The topological polar surface area (TPSA) is 153 Å². The van der Waals surface area contributed by atoms with E-state index in [9.17, 15) is 18.4 Å². The fraction of sp³-hybridized carbons (Fsp3) is 0.407. The van der Waals surface area contributed by atoms with Crippen molar-refractivity contribution in [1.29, 1.82) is 5.53 Å². The van der Waals surface area contributed by atoms with E-state index in [2.05, 4.69) is 15.3 Å². The van der Waals surface area contributed by atoms with Crippen LogP contribution in [0.15, 0.2) is 47.8 Å². The molecule has 212 valence electrons. The molecule has 0 aliphatic heterocycles. The summed E-state index contributed by atoms with van der Waals surface area (Å²) in [7, 11) is -1.96. The maximum atomic E-state index is 13.4. The number of anilines is 3. The van der Waals surface area contributed by atoms with Crippen LogP contribution < -0.4 is 19.8 Å². The number of hydrogen-bond acceptors (Lipinski definition) is 7. The van der Waals surface area contributed by atoms with E-state index < -0.39 is 16.3 Å². The molecule has 1 atom stereocenters. The van der Waals surface area contributed by atoms with Gasteiger partial charge in [-0.25, -0.2) is 5.01 Å². The Balaban J connectivity index is 2.40. The molecule has 4 N–H and O–H groups in total. The van der Waals surface area contributed by atoms with E-state index in [-0.39, 0.29) is 29.2 Å². The zero-order chi connectivity index (χ0) is 29.4. The zero-order valence-corrected chi connectivity index (χ0v) is 24.3. The number of ether oxygens (including phenoxy) is 2. The molecule has 0 spiro atoms. The Hall–Kier alpha value is -3.77. The quantitative estimate of drug-likeness (QED) is 0.106. The fourth-order valence-corrected chi connectivity index (χ4v) is 4.18. The maximum Gasteiger partial charge on any atom is 0.307 e. The first-order chi connectivity index (χ1) is 18.2. The van der Waals surface area contributed by atoms with Gasteiger partial charge in [0.05, 0.1) is 25.1 Å². The van der Waals surface area contributed by atoms with Crippen LogP contribution >= 0.6 is 0 Å². The molecule has 2 aromatic rings. The summed E-state index contributed by atoms with van der Waals surface area (Å²) in [4.78, 5) is 24.9. The number of carbonyl (C=O) groups is 2. The number of methoxy groups -OCH3 is 1. The highest BCUT2D eigenvalue weighted by atomic mass is 32.3. The molecule has 0 heterocycles. The van der Waals surface area contributed by atoms with E-state index in [0.29, 0.717) is 30.0 Å². The van der Waals surface area contributed by atoms with Gasteiger partial charge in [0.25, 0.3) is 5.91 Å². The zero-order valence-electron chi connectivity index (χ0n) is 23.5. The van der Waals surface area contributed by atoms with Gasteiger partial charge in [0, 0.05) is 18.2 Å². The first-order valence-corrected chi connectivity index (χ1v) is 14.2. The van der Waals surface area contributed by atoms with Crippen LogP contribution in [0.2, 0.25) is 0 Å². The van der Waals surface area contributed by atoms with E-state index in [1.807, 2.05) is 27.7 Å². The van der Waals surface area contributed by atoms with Gasteiger partial charge in [-0.15, -0.1) is 0 Å². The Morgan fingerprint density at radius 2 is 1.87 bits per heavy atom. The van der Waals surface area contributed by atoms with Crippen molar-refractivity contribution < 1.29 is 27.8 Å². The van der Waals surface area contributed by atoms with Crippen LogP contribution in [0, 0.1) is 12.5 Å². The van der Waals surface area contributed by atoms with Gasteiger partial charge in [0.15, 0.2) is 12.0 Å². The van der Waals surface area contributed by atoms with Crippen LogP contribution in [-0.2, 0) is 29.6 Å². The number of rotatable bonds is 12. The van der Waals surface area contributed by atoms with Crippen molar-refractivity contribution in [2.24, 2.45) is 5.22 Å². The van der Waals surface area contributed by atoms with Gasteiger partial charge in [-0.05, 0) is 65.3 Å². The molecule has 12 heteroatoms. The van der Waals surface area contributed by atoms with Crippen LogP contribution in [0.25, 0.3) is 0 Å². The van der Waals surface area contributed by atoms with Crippen molar-refractivity contribution in [3.05, 3.63) is 59.3 Å². The predicted octanol–water partition coefficient (Wildman–Crippen LogP) is 6.09. The van der Waals surface area contributed by atoms with Crippen LogP contribution in [0.5, 0.6) is 5.75 Å². The van der Waals surface area contributed by atoms with Gasteiger partial charge >= 0.3 is 16.4 Å². The molecule has 0 radical (unpaired) electrons. The standard InChI is InChI=1S/C27H37N5O6S/c1-8-38-24(33)11-9-10-14-32(31-28)23-15-19(13-12-18(23)2)26(34)29-21-16-20(27(3,4)5)17-22(25(21)37-6)30-39(7,35)36/h10,12-17,28H,8-9,11H2,1-7H3,(H2-,29,30,34,35,36)/p+1/b14-10-,31-28?. The highest BCUT2D eigenvalue weighted by molar-refractivity contribution is 7.98. The largest absolute Gasteiger partial charge is 0.492 e. The summed E-state index contributed by atoms with van der Waals surface area (Å²) in [5.74, 6) is -0.556. The molecule has 2 rings (SSSR count). The molecule has 0 aromatic heterocycles. The van der Waals surface area contributed by atoms with Gasteiger partial charge in [-0.2, -0.15) is 14.8 Å². The molecule has 0 fully saturated rings. The Morgan fingerprint density at radius 3 is 2.44 bits per heavy atom. The maximum absolute atomic E-state index is 13.4. The number of allylic oxidation sites excluding steroid dienone is 1. The number of esters is 1. The summed E-state index contributed by atoms with van der Waals surface area (Å²) in [5, 5.41) is 7.70. The Bertz CT molecular complexity index is 1280. The lowest BCUT2D eigenvalue weighted by Gasteiger charge is -2.23. The molecule has 39 heavy (non-hydrogen) atoms. The molecular weight excluding hydrogens is 522 g/mol. The van der Waals surface area contributed by atoms with Crippen molar-refractivity contribution in [1.82, 2.24) is 0 Å². The first kappa shape index (κ1) is 31.4. The monoisotopic (exact) mass is 560 g/mol. The van der Waals surface area contributed by atoms with Crippen molar-refractivity contribution >= 4 is 39.3 Å². The van der Waals surface area contributed by atoms with Crippen molar-refractivity contribution in [3.63, 3.8) is 0 Å². The number of benzene rings is 2. The Labute approximate surface area is 230 Å². The van der Waals surface area contributed by atoms with Crippen LogP contribution in [0.4, 0.5) is 17.1 Å². The minimum Gasteiger partial charge on any atom is -0.492 e. The SMILES string of the molecule is CCOC(=O)CC/C=C\N(N=N)c1cc(C(=O)Nc2cc(C(C)(C)C)cc(N[S+](C)(=O)O)c2OC)ccc1C. The Kier molecular flexibility index (Phi) is 10.8. The van der Waals surface area contributed by atoms with Crippen LogP contribution in [0.3, 0.4) is 0 Å². The van der Waals surface area contributed by atoms with Crippen molar-refractivity contribution in [2.45, 2.75) is 52.9 Å². The third-order valence-electron chi connectivity index (χ3n) is 5.60. The van der Waals surface area contributed by atoms with Crippen LogP contribution in [-0.4, -0.2) is 36.4 Å². The molecule has 0 aliphatic carbocycles. The number of hydrogen-bond donors (Lipinski definition) is 4. The number of carbonyl (C=O) groups excluding carboxylic acids is 2. The van der Waals surface area contributed by atoms with Crippen molar-refractivity contribution in [2.75, 3.05) is 35.0 Å². The number of nitrogens with zero attached hydrogens (tertiary/aromatic N) is 2. The van der Waals surface area contributed by atoms with Crippen molar-refractivity contribution in [3.8, 4) is 5.75 Å². The average molecular weight is 561 g/mol. The molecule has 0 saturated heterocycles. The second-order valence-electron chi connectivity index (χ2n) is 9.89. The van der Waals surface area contributed by atoms with Gasteiger partial charge < -0.3 is 14.8 Å². The minimum absolute atomic E-state index is 0.202. The highest BCUT2D eigenvalue weighted by Crippen LogP contribution is 2.39. The summed E-state index contributed by atoms with van der Waals surface area (Å²) < 4.78 is 35.0. The third-order valence-corrected chi connectivity index (χ3v) is 6.20. The molecule has 0 saturated carbocycles. The second-order valence-corrected chi connectivity index (χ2v) is 11.7. The summed E-state index contributed by atoms with van der Waals surface area (Å²) in [5.41, 5.74) is 10.3. The summed E-state index contributed by atoms with van der Waals surface area (Å²) in [6.07, 6.45) is 5.01.